The van der Waals surface area contributed by atoms with Gasteiger partial charge in [-0.25, -0.2) is 0 Å². The molecular formula is C15H21N3O4. The summed E-state index contributed by atoms with van der Waals surface area (Å²) in [5, 5.41) is 17.3. The fourth-order valence-electron chi connectivity index (χ4n) is 2.91. The van der Waals surface area contributed by atoms with Gasteiger partial charge in [-0.1, -0.05) is 12.1 Å². The van der Waals surface area contributed by atoms with Crippen LogP contribution >= 0.6 is 0 Å². The molecule has 1 saturated heterocycles. The number of methoxy groups -OCH3 is 1. The van der Waals surface area contributed by atoms with Gasteiger partial charge in [-0.2, -0.15) is 0 Å². The van der Waals surface area contributed by atoms with E-state index in [1.54, 1.807) is 26.2 Å². The Balaban J connectivity index is 2.14. The van der Waals surface area contributed by atoms with E-state index in [1.807, 2.05) is 0 Å². The summed E-state index contributed by atoms with van der Waals surface area (Å²) in [5.74, 6) is -0.422. The van der Waals surface area contributed by atoms with Crippen LogP contribution in [0, 0.1) is 17.0 Å². The third kappa shape index (κ3) is 3.42. The van der Waals surface area contributed by atoms with Crippen LogP contribution in [-0.4, -0.2) is 43.2 Å². The third-order valence-corrected chi connectivity index (χ3v) is 4.01. The number of hydrogen-bond donors (Lipinski definition) is 2. The molecule has 2 N–H and O–H groups in total. The first kappa shape index (κ1) is 16.4. The quantitative estimate of drug-likeness (QED) is 0.612. The van der Waals surface area contributed by atoms with E-state index in [1.165, 1.54) is 6.07 Å². The highest BCUT2D eigenvalue weighted by molar-refractivity contribution is 5.99. The Bertz CT molecular complexity index is 568. The third-order valence-electron chi connectivity index (χ3n) is 4.01. The molecule has 1 unspecified atom stereocenters. The lowest BCUT2D eigenvalue weighted by Gasteiger charge is -2.29. The number of hydrogen-bond acceptors (Lipinski definition) is 5. The molecule has 1 heterocycles. The molecule has 1 fully saturated rings. The minimum Gasteiger partial charge on any atom is -0.383 e. The van der Waals surface area contributed by atoms with Gasteiger partial charge < -0.3 is 15.4 Å². The molecule has 1 aromatic rings. The molecule has 1 aromatic carbocycles. The van der Waals surface area contributed by atoms with Crippen LogP contribution in [0.3, 0.4) is 0 Å². The summed E-state index contributed by atoms with van der Waals surface area (Å²) in [6.45, 7) is 3.44. The average molecular weight is 307 g/mol. The summed E-state index contributed by atoms with van der Waals surface area (Å²) in [5.41, 5.74) is 0.254. The van der Waals surface area contributed by atoms with Crippen molar-refractivity contribution in [3.8, 4) is 0 Å². The zero-order valence-electron chi connectivity index (χ0n) is 12.8. The fraction of sp³-hybridized carbons (Fsp3) is 0.533. The summed E-state index contributed by atoms with van der Waals surface area (Å²) in [7, 11) is 1.62. The molecule has 0 radical (unpaired) electrons. The average Bonchev–Trinajstić information content (AvgIpc) is 2.94. The lowest BCUT2D eigenvalue weighted by Crippen LogP contribution is -2.53. The first-order chi connectivity index (χ1) is 10.5. The van der Waals surface area contributed by atoms with Crippen LogP contribution in [0.25, 0.3) is 0 Å². The smallest absolute Gasteiger partial charge is 0.282 e. The van der Waals surface area contributed by atoms with Crippen LogP contribution in [0.4, 0.5) is 5.69 Å². The molecule has 22 heavy (non-hydrogen) atoms. The first-order valence-corrected chi connectivity index (χ1v) is 7.25. The van der Waals surface area contributed by atoms with Gasteiger partial charge in [-0.05, 0) is 31.9 Å². The molecule has 1 amide bonds. The van der Waals surface area contributed by atoms with Gasteiger partial charge in [-0.3, -0.25) is 14.9 Å². The fourth-order valence-corrected chi connectivity index (χ4v) is 2.91. The maximum absolute atomic E-state index is 12.4. The molecule has 1 atom stereocenters. The van der Waals surface area contributed by atoms with Crippen molar-refractivity contribution < 1.29 is 14.5 Å². The van der Waals surface area contributed by atoms with Crippen molar-refractivity contribution in [2.24, 2.45) is 0 Å². The van der Waals surface area contributed by atoms with E-state index in [-0.39, 0.29) is 16.8 Å². The standard InChI is InChI=1S/C15H21N3O4/c1-11-5-3-6-12(18(20)21)13(11)14(19)16-9-15(10-22-2)7-4-8-17-15/h3,5-6,17H,4,7-10H2,1-2H3,(H,16,19). The molecule has 0 aliphatic carbocycles. The number of aryl methyl sites for hydroxylation is 1. The largest absolute Gasteiger partial charge is 0.383 e. The topological polar surface area (TPSA) is 93.5 Å². The SMILES string of the molecule is COCC1(CNC(=O)c2c(C)cccc2[N+](=O)[O-])CCCN1. The number of nitrogens with zero attached hydrogens (tertiary/aromatic N) is 1. The predicted molar refractivity (Wildman–Crippen MR) is 82.0 cm³/mol. The number of nitrogens with one attached hydrogen (secondary N) is 2. The molecule has 0 aromatic heterocycles. The molecule has 1 aliphatic heterocycles. The molecule has 0 spiro atoms. The highest BCUT2D eigenvalue weighted by Gasteiger charge is 2.34. The molecule has 120 valence electrons. The Morgan fingerprint density at radius 2 is 2.32 bits per heavy atom. The molecule has 0 saturated carbocycles. The Morgan fingerprint density at radius 3 is 2.91 bits per heavy atom. The van der Waals surface area contributed by atoms with Crippen LogP contribution in [0.15, 0.2) is 18.2 Å². The minimum absolute atomic E-state index is 0.123. The van der Waals surface area contributed by atoms with E-state index < -0.39 is 10.8 Å². The van der Waals surface area contributed by atoms with E-state index in [0.29, 0.717) is 18.7 Å². The van der Waals surface area contributed by atoms with Crippen molar-refractivity contribution in [3.05, 3.63) is 39.4 Å². The van der Waals surface area contributed by atoms with Crippen molar-refractivity contribution in [3.63, 3.8) is 0 Å². The van der Waals surface area contributed by atoms with E-state index >= 15 is 0 Å². The van der Waals surface area contributed by atoms with Crippen molar-refractivity contribution in [2.45, 2.75) is 25.3 Å². The van der Waals surface area contributed by atoms with Crippen LogP contribution < -0.4 is 10.6 Å². The Hall–Kier alpha value is -1.99. The Morgan fingerprint density at radius 1 is 1.55 bits per heavy atom. The minimum atomic E-state index is -0.527. The lowest BCUT2D eigenvalue weighted by molar-refractivity contribution is -0.385. The number of carbonyl (C=O) groups is 1. The van der Waals surface area contributed by atoms with Gasteiger partial charge in [0.15, 0.2) is 0 Å². The molecule has 1 aliphatic rings. The predicted octanol–water partition coefficient (Wildman–Crippen LogP) is 1.40. The zero-order chi connectivity index (χ0) is 16.2. The second-order valence-electron chi connectivity index (χ2n) is 5.65. The highest BCUT2D eigenvalue weighted by Crippen LogP contribution is 2.23. The summed E-state index contributed by atoms with van der Waals surface area (Å²) >= 11 is 0. The van der Waals surface area contributed by atoms with Crippen LogP contribution in [0.1, 0.15) is 28.8 Å². The van der Waals surface area contributed by atoms with Crippen molar-refractivity contribution in [2.75, 3.05) is 26.8 Å². The van der Waals surface area contributed by atoms with Gasteiger partial charge in [0.25, 0.3) is 11.6 Å². The zero-order valence-corrected chi connectivity index (χ0v) is 12.8. The highest BCUT2D eigenvalue weighted by atomic mass is 16.6. The summed E-state index contributed by atoms with van der Waals surface area (Å²) in [6, 6.07) is 4.62. The normalized spacial score (nSPS) is 20.8. The van der Waals surface area contributed by atoms with E-state index in [0.717, 1.165) is 19.4 Å². The number of benzene rings is 1. The maximum atomic E-state index is 12.4. The number of rotatable bonds is 6. The number of ether oxygens (including phenoxy) is 1. The molecule has 7 nitrogen and oxygen atoms in total. The monoisotopic (exact) mass is 307 g/mol. The van der Waals surface area contributed by atoms with Gasteiger partial charge in [0, 0.05) is 19.7 Å². The number of amides is 1. The van der Waals surface area contributed by atoms with Gasteiger partial charge in [0.05, 0.1) is 17.1 Å². The maximum Gasteiger partial charge on any atom is 0.282 e. The van der Waals surface area contributed by atoms with Gasteiger partial charge in [-0.15, -0.1) is 0 Å². The summed E-state index contributed by atoms with van der Waals surface area (Å²) < 4.78 is 5.23. The summed E-state index contributed by atoms with van der Waals surface area (Å²) in [6.07, 6.45) is 1.92. The van der Waals surface area contributed by atoms with Crippen molar-refractivity contribution >= 4 is 11.6 Å². The number of carbonyl (C=O) groups excluding carboxylic acids is 1. The van der Waals surface area contributed by atoms with Crippen molar-refractivity contribution in [1.82, 2.24) is 10.6 Å². The van der Waals surface area contributed by atoms with Crippen LogP contribution in [0.5, 0.6) is 0 Å². The Labute approximate surface area is 129 Å². The van der Waals surface area contributed by atoms with Crippen LogP contribution in [0.2, 0.25) is 0 Å². The van der Waals surface area contributed by atoms with Gasteiger partial charge >= 0.3 is 0 Å². The molecular weight excluding hydrogens is 286 g/mol. The lowest BCUT2D eigenvalue weighted by atomic mass is 9.98. The second-order valence-corrected chi connectivity index (χ2v) is 5.65. The second kappa shape index (κ2) is 6.85. The molecule has 0 bridgehead atoms. The van der Waals surface area contributed by atoms with Crippen LogP contribution in [-0.2, 0) is 4.74 Å². The van der Waals surface area contributed by atoms with Gasteiger partial charge in [0.1, 0.15) is 5.56 Å². The Kier molecular flexibility index (Phi) is 5.10. The first-order valence-electron chi connectivity index (χ1n) is 7.25. The van der Waals surface area contributed by atoms with E-state index in [2.05, 4.69) is 10.6 Å². The molecule has 2 rings (SSSR count). The van der Waals surface area contributed by atoms with Gasteiger partial charge in [0.2, 0.25) is 0 Å². The number of nitro groups is 1. The summed E-state index contributed by atoms with van der Waals surface area (Å²) in [4.78, 5) is 23.0. The van der Waals surface area contributed by atoms with E-state index in [4.69, 9.17) is 4.74 Å². The van der Waals surface area contributed by atoms with E-state index in [9.17, 15) is 14.9 Å². The van der Waals surface area contributed by atoms with Crippen molar-refractivity contribution in [1.29, 1.82) is 0 Å². The molecule has 7 heteroatoms. The number of nitro benzene ring substituents is 1.